The monoisotopic (exact) mass is 603 g/mol. The third-order valence-electron chi connectivity index (χ3n) is 8.56. The smallest absolute Gasteiger partial charge is 0.273 e. The summed E-state index contributed by atoms with van der Waals surface area (Å²) in [6.45, 7) is 3.86. The highest BCUT2D eigenvalue weighted by Crippen LogP contribution is 2.36. The zero-order chi connectivity index (χ0) is 30.5. The molecule has 1 atom stereocenters. The van der Waals surface area contributed by atoms with Crippen LogP contribution in [0.2, 0.25) is 0 Å². The summed E-state index contributed by atoms with van der Waals surface area (Å²) >= 11 is 0.892. The number of carbonyl (C=O) groups is 3. The Balaban J connectivity index is 1.56. The van der Waals surface area contributed by atoms with Gasteiger partial charge in [0.15, 0.2) is 5.69 Å². The Hall–Kier alpha value is -3.92. The molecule has 5 rings (SSSR count). The second kappa shape index (κ2) is 13.6. The largest absolute Gasteiger partial charge is 0.497 e. The number of nitrogen functional groups attached to an aromatic ring is 1. The van der Waals surface area contributed by atoms with E-state index in [9.17, 15) is 14.4 Å². The molecule has 3 aromatic rings. The predicted octanol–water partition coefficient (Wildman–Crippen LogP) is 5.86. The van der Waals surface area contributed by atoms with E-state index < -0.39 is 11.9 Å². The normalized spacial score (nSPS) is 16.4. The Bertz CT molecular complexity index is 1460. The maximum Gasteiger partial charge on any atom is 0.273 e. The van der Waals surface area contributed by atoms with E-state index in [2.05, 4.69) is 15.0 Å². The van der Waals surface area contributed by atoms with E-state index >= 15 is 0 Å². The van der Waals surface area contributed by atoms with Crippen molar-refractivity contribution in [1.82, 2.24) is 15.0 Å². The summed E-state index contributed by atoms with van der Waals surface area (Å²) in [5, 5.41) is 6.26. The molecule has 1 unspecified atom stereocenters. The van der Waals surface area contributed by atoms with Crippen molar-refractivity contribution in [2.75, 3.05) is 17.7 Å². The number of benzene rings is 2. The number of anilines is 2. The minimum Gasteiger partial charge on any atom is -0.497 e. The van der Waals surface area contributed by atoms with Crippen molar-refractivity contribution in [3.63, 3.8) is 0 Å². The van der Waals surface area contributed by atoms with Crippen molar-refractivity contribution in [3.8, 4) is 5.75 Å². The first-order valence-electron chi connectivity index (χ1n) is 15.2. The number of aryl methyl sites for hydroxylation is 2. The Morgan fingerprint density at radius 3 is 2.21 bits per heavy atom. The van der Waals surface area contributed by atoms with Crippen molar-refractivity contribution in [3.05, 3.63) is 69.7 Å². The number of nitrogens with two attached hydrogens (primary N) is 1. The first-order valence-corrected chi connectivity index (χ1v) is 15.9. The molecule has 0 saturated heterocycles. The van der Waals surface area contributed by atoms with Gasteiger partial charge in [-0.3, -0.25) is 19.3 Å². The van der Waals surface area contributed by atoms with Gasteiger partial charge in [-0.25, -0.2) is 0 Å². The van der Waals surface area contributed by atoms with E-state index in [-0.39, 0.29) is 40.2 Å². The number of nitrogens with one attached hydrogen (secondary N) is 2. The van der Waals surface area contributed by atoms with Crippen LogP contribution in [0.25, 0.3) is 0 Å². The molecule has 0 spiro atoms. The summed E-state index contributed by atoms with van der Waals surface area (Å²) < 4.78 is 9.71. The van der Waals surface area contributed by atoms with Crippen LogP contribution in [0.4, 0.5) is 11.4 Å². The van der Waals surface area contributed by atoms with Gasteiger partial charge >= 0.3 is 0 Å². The van der Waals surface area contributed by atoms with Gasteiger partial charge in [0.2, 0.25) is 5.91 Å². The van der Waals surface area contributed by atoms with Crippen molar-refractivity contribution in [2.24, 2.45) is 0 Å². The summed E-state index contributed by atoms with van der Waals surface area (Å²) in [6, 6.07) is 12.1. The summed E-state index contributed by atoms with van der Waals surface area (Å²) in [5.41, 5.74) is 9.57. The predicted molar refractivity (Wildman–Crippen MR) is 170 cm³/mol. The van der Waals surface area contributed by atoms with Gasteiger partial charge in [0, 0.05) is 17.8 Å². The van der Waals surface area contributed by atoms with Gasteiger partial charge in [-0.05, 0) is 86.0 Å². The fraction of sp³-hybridized carbons (Fsp3) is 0.455. The number of amides is 3. The van der Waals surface area contributed by atoms with Crippen LogP contribution >= 0.6 is 11.5 Å². The van der Waals surface area contributed by atoms with E-state index in [0.29, 0.717) is 17.0 Å². The standard InChI is InChI=1S/C33H41N5O4S/c1-20-13-14-21(2)26(19-20)38(29(22-15-17-25(42-3)18-16-22)32(40)36-24-11-7-8-12-24)33(41)30-27(34)28(37-43-30)31(39)35-23-9-5-4-6-10-23/h13-19,23-24,29H,4-12,34H2,1-3H3,(H,35,39)(H,36,40). The molecule has 4 N–H and O–H groups in total. The van der Waals surface area contributed by atoms with Gasteiger partial charge in [0.1, 0.15) is 16.7 Å². The minimum absolute atomic E-state index is 0.0308. The molecule has 2 saturated carbocycles. The zero-order valence-electron chi connectivity index (χ0n) is 25.2. The zero-order valence-corrected chi connectivity index (χ0v) is 26.0. The molecule has 10 heteroatoms. The average Bonchev–Trinajstić information content (AvgIpc) is 3.67. The highest BCUT2D eigenvalue weighted by Gasteiger charge is 2.38. The molecule has 3 amide bonds. The maximum absolute atomic E-state index is 14.6. The molecule has 2 aromatic carbocycles. The van der Waals surface area contributed by atoms with Crippen LogP contribution in [-0.4, -0.2) is 41.3 Å². The van der Waals surface area contributed by atoms with Crippen LogP contribution in [0, 0.1) is 13.8 Å². The third kappa shape index (κ3) is 6.85. The molecule has 228 valence electrons. The Kier molecular flexibility index (Phi) is 9.65. The summed E-state index contributed by atoms with van der Waals surface area (Å²) in [6.07, 6.45) is 9.07. The SMILES string of the molecule is COc1ccc(C(C(=O)NC2CCCC2)N(C(=O)c2snc(C(=O)NC3CCCCC3)c2N)c2cc(C)ccc2C)cc1. The molecule has 9 nitrogen and oxygen atoms in total. The van der Waals surface area contributed by atoms with Crippen molar-refractivity contribution < 1.29 is 19.1 Å². The Morgan fingerprint density at radius 1 is 0.930 bits per heavy atom. The molecule has 1 aromatic heterocycles. The van der Waals surface area contributed by atoms with Crippen LogP contribution in [0.15, 0.2) is 42.5 Å². The number of aromatic nitrogens is 1. The molecule has 0 aliphatic heterocycles. The molecular weight excluding hydrogens is 562 g/mol. The van der Waals surface area contributed by atoms with Crippen molar-refractivity contribution in [2.45, 2.75) is 89.8 Å². The second-order valence-corrected chi connectivity index (χ2v) is 12.5. The van der Waals surface area contributed by atoms with Gasteiger partial charge in [-0.15, -0.1) is 0 Å². The topological polar surface area (TPSA) is 127 Å². The lowest BCUT2D eigenvalue weighted by molar-refractivity contribution is -0.123. The van der Waals surface area contributed by atoms with Crippen LogP contribution < -0.4 is 26.0 Å². The maximum atomic E-state index is 14.6. The number of ether oxygens (including phenoxy) is 1. The van der Waals surface area contributed by atoms with Crippen LogP contribution in [0.1, 0.15) is 101 Å². The lowest BCUT2D eigenvalue weighted by Crippen LogP contribution is -2.46. The number of rotatable bonds is 9. The van der Waals surface area contributed by atoms with Gasteiger partial charge in [0.05, 0.1) is 12.8 Å². The lowest BCUT2D eigenvalue weighted by Gasteiger charge is -2.33. The van der Waals surface area contributed by atoms with E-state index in [1.54, 1.807) is 19.2 Å². The molecule has 2 fully saturated rings. The molecule has 2 aliphatic rings. The summed E-state index contributed by atoms with van der Waals surface area (Å²) in [5.74, 6) is -0.486. The van der Waals surface area contributed by atoms with Gasteiger partial charge in [0.25, 0.3) is 11.8 Å². The van der Waals surface area contributed by atoms with Crippen LogP contribution in [-0.2, 0) is 4.79 Å². The van der Waals surface area contributed by atoms with Crippen molar-refractivity contribution >= 4 is 40.6 Å². The van der Waals surface area contributed by atoms with E-state index in [0.717, 1.165) is 74.0 Å². The second-order valence-electron chi connectivity index (χ2n) is 11.7. The van der Waals surface area contributed by atoms with Gasteiger partial charge < -0.3 is 21.1 Å². The van der Waals surface area contributed by atoms with Gasteiger partial charge in [-0.1, -0.05) is 56.4 Å². The fourth-order valence-corrected chi connectivity index (χ4v) is 6.86. The Morgan fingerprint density at radius 2 is 1.56 bits per heavy atom. The van der Waals surface area contributed by atoms with E-state index in [4.69, 9.17) is 10.5 Å². The minimum atomic E-state index is -1.000. The molecule has 2 aliphatic carbocycles. The lowest BCUT2D eigenvalue weighted by atomic mass is 9.95. The number of carbonyl (C=O) groups excluding carboxylic acids is 3. The number of hydrogen-bond donors (Lipinski definition) is 3. The molecule has 43 heavy (non-hydrogen) atoms. The third-order valence-corrected chi connectivity index (χ3v) is 9.41. The first-order chi connectivity index (χ1) is 20.8. The number of hydrogen-bond acceptors (Lipinski definition) is 7. The number of methoxy groups -OCH3 is 1. The molecule has 1 heterocycles. The summed E-state index contributed by atoms with van der Waals surface area (Å²) in [7, 11) is 1.58. The first kappa shape index (κ1) is 30.5. The fourth-order valence-electron chi connectivity index (χ4n) is 6.12. The quantitative estimate of drug-likeness (QED) is 0.281. The van der Waals surface area contributed by atoms with Crippen LogP contribution in [0.3, 0.4) is 0 Å². The summed E-state index contributed by atoms with van der Waals surface area (Å²) in [4.78, 5) is 43.6. The van der Waals surface area contributed by atoms with Crippen LogP contribution in [0.5, 0.6) is 5.75 Å². The average molecular weight is 604 g/mol. The number of nitrogens with zero attached hydrogens (tertiary/aromatic N) is 2. The molecule has 0 radical (unpaired) electrons. The van der Waals surface area contributed by atoms with Crippen molar-refractivity contribution in [1.29, 1.82) is 0 Å². The molecule has 0 bridgehead atoms. The molecular formula is C33H41N5O4S. The van der Waals surface area contributed by atoms with Gasteiger partial charge in [-0.2, -0.15) is 4.37 Å². The van der Waals surface area contributed by atoms with E-state index in [1.165, 1.54) is 11.3 Å². The van der Waals surface area contributed by atoms with E-state index in [1.807, 2.05) is 44.2 Å². The highest BCUT2D eigenvalue weighted by molar-refractivity contribution is 7.09. The Labute approximate surface area is 257 Å². The highest BCUT2D eigenvalue weighted by atomic mass is 32.1.